The van der Waals surface area contributed by atoms with Gasteiger partial charge in [-0.05, 0) is 0 Å². The molecule has 0 bridgehead atoms. The van der Waals surface area contributed by atoms with Gasteiger partial charge in [-0.15, -0.1) is 0 Å². The Hall–Kier alpha value is -1.01. The third-order valence-electron chi connectivity index (χ3n) is 1.92. The molecule has 70 valence electrons. The van der Waals surface area contributed by atoms with Crippen molar-refractivity contribution in [3.63, 3.8) is 0 Å². The molecule has 0 nitrogen and oxygen atoms in total. The number of hydrogen-bond acceptors (Lipinski definition) is 0. The Labute approximate surface area is 76.8 Å². The van der Waals surface area contributed by atoms with Gasteiger partial charge >= 0.3 is 76.0 Å². The first-order valence-electron chi connectivity index (χ1n) is 3.81. The second-order valence-corrected chi connectivity index (χ2v) is 6.04. The Morgan fingerprint density at radius 2 is 1.46 bits per heavy atom. The normalized spacial score (nSPS) is 14.2. The van der Waals surface area contributed by atoms with E-state index in [1.807, 2.05) is 0 Å². The molecule has 13 heavy (non-hydrogen) atoms. The van der Waals surface area contributed by atoms with E-state index in [2.05, 4.69) is 13.2 Å². The Kier molecular flexibility index (Phi) is 2.36. The van der Waals surface area contributed by atoms with Crippen LogP contribution >= 0.6 is 7.22 Å². The van der Waals surface area contributed by atoms with Gasteiger partial charge in [0.05, 0.1) is 0 Å². The van der Waals surface area contributed by atoms with Crippen LogP contribution in [0, 0.1) is 0 Å². The van der Waals surface area contributed by atoms with Crippen LogP contribution in [-0.4, -0.2) is 0 Å². The van der Waals surface area contributed by atoms with E-state index in [1.165, 1.54) is 12.1 Å². The standard InChI is InChI=1S/C10H11F2P/c1-3-13(11,12,4-2)10-8-6-5-7-9-10/h3-9H,1-2H2. The Morgan fingerprint density at radius 1 is 1.00 bits per heavy atom. The summed E-state index contributed by atoms with van der Waals surface area (Å²) in [5, 5.41) is 0.0125. The van der Waals surface area contributed by atoms with Crippen LogP contribution in [0.5, 0.6) is 0 Å². The first-order valence-corrected chi connectivity index (χ1v) is 5.96. The van der Waals surface area contributed by atoms with Gasteiger partial charge in [-0.25, -0.2) is 0 Å². The second kappa shape index (κ2) is 3.04. The number of rotatable bonds is 3. The molecule has 0 fully saturated rings. The summed E-state index contributed by atoms with van der Waals surface area (Å²) in [6.45, 7) is 6.38. The molecule has 0 amide bonds. The summed E-state index contributed by atoms with van der Waals surface area (Å²) >= 11 is 0. The van der Waals surface area contributed by atoms with Crippen LogP contribution in [0.4, 0.5) is 8.39 Å². The topological polar surface area (TPSA) is 0 Å². The van der Waals surface area contributed by atoms with E-state index in [1.54, 1.807) is 18.2 Å². The first kappa shape index (κ1) is 10.1. The molecule has 0 spiro atoms. The molecule has 0 saturated heterocycles. The zero-order chi connectivity index (χ0) is 9.97. The van der Waals surface area contributed by atoms with Crippen molar-refractivity contribution < 1.29 is 8.39 Å². The SMILES string of the molecule is C=CP(F)(F)(C=C)c1ccccc1. The molecule has 1 aromatic carbocycles. The number of halogens is 2. The molecule has 0 heterocycles. The molecule has 0 atom stereocenters. The summed E-state index contributed by atoms with van der Waals surface area (Å²) in [5.41, 5.74) is 0. The summed E-state index contributed by atoms with van der Waals surface area (Å²) in [6, 6.07) is 7.68. The molecule has 0 N–H and O–H groups in total. The third-order valence-corrected chi connectivity index (χ3v) is 4.54. The van der Waals surface area contributed by atoms with E-state index in [-0.39, 0.29) is 5.30 Å². The molecule has 1 aromatic rings. The van der Waals surface area contributed by atoms with Crippen LogP contribution in [0.15, 0.2) is 55.1 Å². The van der Waals surface area contributed by atoms with E-state index in [9.17, 15) is 8.39 Å². The average molecular weight is 200 g/mol. The molecule has 3 heteroatoms. The fourth-order valence-corrected chi connectivity index (χ4v) is 2.31. The maximum atomic E-state index is 13.9. The van der Waals surface area contributed by atoms with Gasteiger partial charge in [0.2, 0.25) is 0 Å². The zero-order valence-corrected chi connectivity index (χ0v) is 8.05. The van der Waals surface area contributed by atoms with Crippen LogP contribution in [0.2, 0.25) is 0 Å². The first-order chi connectivity index (χ1) is 6.02. The summed E-state index contributed by atoms with van der Waals surface area (Å²) in [5.74, 6) is 1.46. The summed E-state index contributed by atoms with van der Waals surface area (Å²) in [7, 11) is -5.02. The van der Waals surface area contributed by atoms with Gasteiger partial charge in [-0.1, -0.05) is 0 Å². The van der Waals surface area contributed by atoms with E-state index >= 15 is 0 Å². The van der Waals surface area contributed by atoms with E-state index in [4.69, 9.17) is 0 Å². The molecule has 0 saturated carbocycles. The molecule has 0 aliphatic rings. The quantitative estimate of drug-likeness (QED) is 0.648. The van der Waals surface area contributed by atoms with Gasteiger partial charge in [0.25, 0.3) is 0 Å². The predicted octanol–water partition coefficient (Wildman–Crippen LogP) is 3.92. The van der Waals surface area contributed by atoms with E-state index in [0.29, 0.717) is 0 Å². The second-order valence-electron chi connectivity index (χ2n) is 2.73. The number of benzene rings is 1. The Bertz CT molecular complexity index is 318. The monoisotopic (exact) mass is 200 g/mol. The van der Waals surface area contributed by atoms with E-state index in [0.717, 1.165) is 11.6 Å². The predicted molar refractivity (Wildman–Crippen MR) is 55.6 cm³/mol. The minimum absolute atomic E-state index is 0.0125. The van der Waals surface area contributed by atoms with Gasteiger partial charge in [-0.3, -0.25) is 0 Å². The van der Waals surface area contributed by atoms with Crippen LogP contribution in [-0.2, 0) is 0 Å². The van der Waals surface area contributed by atoms with Gasteiger partial charge in [0.1, 0.15) is 0 Å². The maximum absolute atomic E-state index is 13.9. The van der Waals surface area contributed by atoms with Crippen LogP contribution in [0.25, 0.3) is 0 Å². The molecule has 1 rings (SSSR count). The van der Waals surface area contributed by atoms with Gasteiger partial charge in [0, 0.05) is 0 Å². The number of hydrogen-bond donors (Lipinski definition) is 0. The minimum atomic E-state index is -5.02. The molecule has 0 radical (unpaired) electrons. The summed E-state index contributed by atoms with van der Waals surface area (Å²) in [4.78, 5) is 0. The fraction of sp³-hybridized carbons (Fsp3) is 0. The Balaban J connectivity index is 3.35. The molecule has 0 aliphatic carbocycles. The van der Waals surface area contributed by atoms with Crippen molar-refractivity contribution in [1.29, 1.82) is 0 Å². The molecule has 0 aromatic heterocycles. The third kappa shape index (κ3) is 1.68. The van der Waals surface area contributed by atoms with Gasteiger partial charge in [0.15, 0.2) is 0 Å². The van der Waals surface area contributed by atoms with Crippen LogP contribution in [0.3, 0.4) is 0 Å². The summed E-state index contributed by atoms with van der Waals surface area (Å²) < 4.78 is 27.8. The van der Waals surface area contributed by atoms with Crippen molar-refractivity contribution in [2.24, 2.45) is 0 Å². The van der Waals surface area contributed by atoms with Crippen LogP contribution < -0.4 is 5.30 Å². The summed E-state index contributed by atoms with van der Waals surface area (Å²) in [6.07, 6.45) is 0. The van der Waals surface area contributed by atoms with Crippen molar-refractivity contribution in [1.82, 2.24) is 0 Å². The molecule has 0 aliphatic heterocycles. The Morgan fingerprint density at radius 3 is 1.85 bits per heavy atom. The van der Waals surface area contributed by atoms with Crippen molar-refractivity contribution in [3.8, 4) is 0 Å². The van der Waals surface area contributed by atoms with Gasteiger partial charge in [-0.2, -0.15) is 0 Å². The zero-order valence-electron chi connectivity index (χ0n) is 7.16. The molecular weight excluding hydrogens is 189 g/mol. The molecular formula is C10H11F2P. The van der Waals surface area contributed by atoms with Crippen molar-refractivity contribution in [2.75, 3.05) is 0 Å². The van der Waals surface area contributed by atoms with Crippen molar-refractivity contribution in [2.45, 2.75) is 0 Å². The van der Waals surface area contributed by atoms with E-state index < -0.39 is 7.22 Å². The molecule has 0 unspecified atom stereocenters. The van der Waals surface area contributed by atoms with Crippen LogP contribution in [0.1, 0.15) is 0 Å². The van der Waals surface area contributed by atoms with Gasteiger partial charge < -0.3 is 0 Å². The van der Waals surface area contributed by atoms with Crippen molar-refractivity contribution >= 4 is 12.5 Å². The van der Waals surface area contributed by atoms with Crippen molar-refractivity contribution in [3.05, 3.63) is 55.1 Å². The average Bonchev–Trinajstić information content (AvgIpc) is 2.20. The fourth-order valence-electron chi connectivity index (χ4n) is 0.998.